The molecule has 0 spiro atoms. The summed E-state index contributed by atoms with van der Waals surface area (Å²) in [5, 5.41) is 11.6. The Morgan fingerprint density at radius 1 is 1.50 bits per heavy atom. The van der Waals surface area contributed by atoms with E-state index in [2.05, 4.69) is 28.6 Å². The second-order valence-electron chi connectivity index (χ2n) is 2.63. The van der Waals surface area contributed by atoms with E-state index in [4.69, 9.17) is 0 Å². The van der Waals surface area contributed by atoms with Crippen LogP contribution in [0.1, 0.15) is 0 Å². The first kappa shape index (κ1) is 9.95. The highest BCUT2D eigenvalue weighted by molar-refractivity contribution is 9.10. The van der Waals surface area contributed by atoms with Crippen molar-refractivity contribution in [2.75, 3.05) is 0 Å². The summed E-state index contributed by atoms with van der Waals surface area (Å²) >= 11 is 8.63. The predicted molar refractivity (Wildman–Crippen MR) is 63.4 cm³/mol. The minimum Gasteiger partial charge on any atom is -0.258 e. The van der Waals surface area contributed by atoms with E-state index in [1.54, 1.807) is 0 Å². The summed E-state index contributed by atoms with van der Waals surface area (Å²) in [6.45, 7) is 0. The highest BCUT2D eigenvalue weighted by Crippen LogP contribution is 2.43. The van der Waals surface area contributed by atoms with Crippen LogP contribution in [0.15, 0.2) is 27.6 Å². The number of rotatable bonds is 1. The van der Waals surface area contributed by atoms with Gasteiger partial charge in [0.25, 0.3) is 0 Å². The van der Waals surface area contributed by atoms with Crippen molar-refractivity contribution in [1.82, 2.24) is 0 Å². The van der Waals surface area contributed by atoms with Gasteiger partial charge in [-0.15, -0.1) is 12.6 Å². The molecule has 0 amide bonds. The van der Waals surface area contributed by atoms with Gasteiger partial charge in [0.05, 0.1) is 4.92 Å². The quantitative estimate of drug-likeness (QED) is 0.492. The van der Waals surface area contributed by atoms with Gasteiger partial charge in [0, 0.05) is 15.0 Å². The number of hydrogen-bond donors (Lipinski definition) is 1. The molecule has 0 aliphatic heterocycles. The average Bonchev–Trinajstić information content (AvgIpc) is 2.45. The maximum atomic E-state index is 10.7. The molecule has 1 aromatic carbocycles. The maximum Gasteiger partial charge on any atom is 0.339 e. The fraction of sp³-hybridized carbons (Fsp3) is 0. The molecule has 0 saturated heterocycles. The van der Waals surface area contributed by atoms with Gasteiger partial charge in [0.15, 0.2) is 0 Å². The van der Waals surface area contributed by atoms with E-state index in [0.29, 0.717) is 4.47 Å². The van der Waals surface area contributed by atoms with Crippen molar-refractivity contribution in [1.29, 1.82) is 0 Å². The maximum absolute atomic E-state index is 10.7. The SMILES string of the molecule is O=[N+]([O-])c1sc2cccc(S)c2c1Br. The van der Waals surface area contributed by atoms with Crippen molar-refractivity contribution in [3.63, 3.8) is 0 Å². The first-order valence-corrected chi connectivity index (χ1v) is 5.71. The lowest BCUT2D eigenvalue weighted by Gasteiger charge is -1.93. The van der Waals surface area contributed by atoms with Gasteiger partial charge in [-0.3, -0.25) is 10.1 Å². The molecule has 1 heterocycles. The third kappa shape index (κ3) is 1.43. The molecule has 6 heteroatoms. The van der Waals surface area contributed by atoms with E-state index in [1.165, 1.54) is 0 Å². The lowest BCUT2D eigenvalue weighted by Crippen LogP contribution is -1.83. The van der Waals surface area contributed by atoms with Gasteiger partial charge in [0.1, 0.15) is 4.47 Å². The van der Waals surface area contributed by atoms with Crippen molar-refractivity contribution in [3.8, 4) is 0 Å². The standard InChI is InChI=1S/C8H4BrNO2S2/c9-7-6-4(13)2-1-3-5(6)14-8(7)10(11)12/h1-3,13H. The Balaban J connectivity index is 2.87. The molecule has 2 rings (SSSR count). The van der Waals surface area contributed by atoms with Gasteiger partial charge in [-0.25, -0.2) is 0 Å². The van der Waals surface area contributed by atoms with Gasteiger partial charge in [-0.1, -0.05) is 17.4 Å². The number of hydrogen-bond acceptors (Lipinski definition) is 4. The molecule has 2 aromatic rings. The molecule has 0 N–H and O–H groups in total. The number of halogens is 1. The Morgan fingerprint density at radius 2 is 2.21 bits per heavy atom. The number of thiophene rings is 1. The normalized spacial score (nSPS) is 10.7. The van der Waals surface area contributed by atoms with Crippen LogP contribution in [0.4, 0.5) is 5.00 Å². The van der Waals surface area contributed by atoms with Crippen LogP contribution in [0.25, 0.3) is 10.1 Å². The fourth-order valence-electron chi connectivity index (χ4n) is 1.20. The molecule has 0 aliphatic carbocycles. The van der Waals surface area contributed by atoms with E-state index in [9.17, 15) is 10.1 Å². The van der Waals surface area contributed by atoms with Crippen LogP contribution in [0.5, 0.6) is 0 Å². The topological polar surface area (TPSA) is 43.1 Å². The summed E-state index contributed by atoms with van der Waals surface area (Å²) in [4.78, 5) is 11.0. The Morgan fingerprint density at radius 3 is 2.79 bits per heavy atom. The first-order valence-electron chi connectivity index (χ1n) is 3.65. The van der Waals surface area contributed by atoms with Crippen molar-refractivity contribution in [3.05, 3.63) is 32.8 Å². The van der Waals surface area contributed by atoms with Crippen molar-refractivity contribution in [2.45, 2.75) is 4.90 Å². The number of nitro groups is 1. The van der Waals surface area contributed by atoms with E-state index in [1.807, 2.05) is 18.2 Å². The van der Waals surface area contributed by atoms with E-state index < -0.39 is 0 Å². The summed E-state index contributed by atoms with van der Waals surface area (Å²) < 4.78 is 1.39. The largest absolute Gasteiger partial charge is 0.339 e. The highest BCUT2D eigenvalue weighted by atomic mass is 79.9. The monoisotopic (exact) mass is 289 g/mol. The Hall–Kier alpha value is -0.590. The minimum absolute atomic E-state index is 0.126. The molecule has 0 saturated carbocycles. The van der Waals surface area contributed by atoms with Crippen molar-refractivity contribution < 1.29 is 4.92 Å². The molecule has 0 aliphatic rings. The molecule has 0 bridgehead atoms. The van der Waals surface area contributed by atoms with E-state index in [-0.39, 0.29) is 9.92 Å². The molecule has 0 radical (unpaired) electrons. The molecule has 1 aromatic heterocycles. The molecule has 3 nitrogen and oxygen atoms in total. The molecule has 0 atom stereocenters. The van der Waals surface area contributed by atoms with Gasteiger partial charge in [-0.2, -0.15) is 0 Å². The Bertz CT molecular complexity index is 523. The van der Waals surface area contributed by atoms with Gasteiger partial charge < -0.3 is 0 Å². The second-order valence-corrected chi connectivity index (χ2v) is 4.93. The Kier molecular flexibility index (Phi) is 2.50. The zero-order valence-electron chi connectivity index (χ0n) is 6.73. The van der Waals surface area contributed by atoms with Crippen molar-refractivity contribution >= 4 is 55.0 Å². The number of thiol groups is 1. The lowest BCUT2D eigenvalue weighted by molar-refractivity contribution is -0.380. The van der Waals surface area contributed by atoms with Crippen LogP contribution in [-0.4, -0.2) is 4.92 Å². The van der Waals surface area contributed by atoms with E-state index >= 15 is 0 Å². The molecule has 0 fully saturated rings. The molecular formula is C8H4BrNO2S2. The summed E-state index contributed by atoms with van der Waals surface area (Å²) in [6.07, 6.45) is 0. The zero-order valence-corrected chi connectivity index (χ0v) is 10.0. The van der Waals surface area contributed by atoms with Gasteiger partial charge >= 0.3 is 5.00 Å². The summed E-state index contributed by atoms with van der Waals surface area (Å²) in [5.41, 5.74) is 0. The molecular weight excluding hydrogens is 286 g/mol. The third-order valence-corrected chi connectivity index (χ3v) is 4.30. The summed E-state index contributed by atoms with van der Waals surface area (Å²) in [6, 6.07) is 5.49. The molecule has 0 unspecified atom stereocenters. The van der Waals surface area contributed by atoms with Crippen LogP contribution in [0, 0.1) is 10.1 Å². The van der Waals surface area contributed by atoms with Crippen LogP contribution in [0.3, 0.4) is 0 Å². The van der Waals surface area contributed by atoms with Crippen LogP contribution in [-0.2, 0) is 0 Å². The minimum atomic E-state index is -0.387. The second kappa shape index (κ2) is 3.52. The molecule has 14 heavy (non-hydrogen) atoms. The average molecular weight is 290 g/mol. The smallest absolute Gasteiger partial charge is 0.258 e. The van der Waals surface area contributed by atoms with Crippen LogP contribution < -0.4 is 0 Å². The first-order chi connectivity index (χ1) is 6.61. The lowest BCUT2D eigenvalue weighted by atomic mass is 10.3. The van der Waals surface area contributed by atoms with Crippen LogP contribution in [0.2, 0.25) is 0 Å². The van der Waals surface area contributed by atoms with Crippen LogP contribution >= 0.6 is 39.9 Å². The van der Waals surface area contributed by atoms with Gasteiger partial charge in [0.2, 0.25) is 0 Å². The summed E-state index contributed by atoms with van der Waals surface area (Å²) in [5.74, 6) is 0. The number of fused-ring (bicyclic) bond motifs is 1. The van der Waals surface area contributed by atoms with E-state index in [0.717, 1.165) is 26.3 Å². The highest BCUT2D eigenvalue weighted by Gasteiger charge is 2.20. The predicted octanol–water partition coefficient (Wildman–Crippen LogP) is 3.86. The Labute approximate surface area is 97.4 Å². The number of benzene rings is 1. The van der Waals surface area contributed by atoms with Crippen molar-refractivity contribution in [2.24, 2.45) is 0 Å². The number of nitrogens with zero attached hydrogens (tertiary/aromatic N) is 1. The zero-order chi connectivity index (χ0) is 10.3. The third-order valence-electron chi connectivity index (χ3n) is 1.78. The van der Waals surface area contributed by atoms with Gasteiger partial charge in [-0.05, 0) is 28.1 Å². The molecule has 72 valence electrons. The summed E-state index contributed by atoms with van der Waals surface area (Å²) in [7, 11) is 0. The fourth-order valence-corrected chi connectivity index (χ4v) is 3.63.